The van der Waals surface area contributed by atoms with E-state index in [1.165, 1.54) is 11.1 Å². The van der Waals surface area contributed by atoms with Crippen LogP contribution in [0.4, 0.5) is 0 Å². The van der Waals surface area contributed by atoms with E-state index in [0.717, 1.165) is 165 Å². The molecule has 128 heavy (non-hydrogen) atoms. The molecular formula is C112H78BBrN10O4. The van der Waals surface area contributed by atoms with Gasteiger partial charge in [-0.05, 0) is 172 Å². The summed E-state index contributed by atoms with van der Waals surface area (Å²) in [5.41, 5.74) is 29.5. The molecule has 16 aromatic carbocycles. The predicted octanol–water partition coefficient (Wildman–Crippen LogP) is 27.8. The van der Waals surface area contributed by atoms with Gasteiger partial charge in [-0.25, -0.2) is 49.8 Å². The van der Waals surface area contributed by atoms with Crippen molar-refractivity contribution < 1.29 is 18.1 Å². The SMILES string of the molecule is Brc1ccc2oc3nc4ccccc4nc3c2c1.CC1(C)OB(c2cccc(-c3ccc(-c4ccc(-c5nc(-c6ccccc6)nc(-c6ccc(-c7ccccc7)cc6)n5)cc4)cc3)c2)OC1(C)C.c1ccc(-c2ccc(-c3nc(-c4ccccc4)nc(-c4ccc(-c5ccc(-c6cccc(-c7ccc8oc9nc%10ccccc%10nc9c8c7)c6)cc5)cc4)n3)cc2)cc1. The van der Waals surface area contributed by atoms with Crippen LogP contribution < -0.4 is 5.46 Å². The zero-order valence-electron chi connectivity index (χ0n) is 70.2. The minimum atomic E-state index is -0.392. The lowest BCUT2D eigenvalue weighted by molar-refractivity contribution is 0.00578. The number of aromatic nitrogens is 10. The van der Waals surface area contributed by atoms with Crippen LogP contribution in [0.3, 0.4) is 0 Å². The molecule has 23 rings (SSSR count). The van der Waals surface area contributed by atoms with Crippen LogP contribution in [-0.4, -0.2) is 68.2 Å². The number of rotatable bonds is 14. The van der Waals surface area contributed by atoms with Crippen molar-refractivity contribution in [2.75, 3.05) is 0 Å². The second-order valence-electron chi connectivity index (χ2n) is 32.6. The number of para-hydroxylation sites is 4. The smallest absolute Gasteiger partial charge is 0.436 e. The first kappa shape index (κ1) is 79.5. The summed E-state index contributed by atoms with van der Waals surface area (Å²) in [5.74, 6) is 3.82. The molecule has 0 bridgehead atoms. The Morgan fingerprint density at radius 2 is 0.453 bits per heavy atom. The fourth-order valence-electron chi connectivity index (χ4n) is 16.1. The summed E-state index contributed by atoms with van der Waals surface area (Å²) in [6.07, 6.45) is 0. The molecule has 1 saturated heterocycles. The lowest BCUT2D eigenvalue weighted by Crippen LogP contribution is -2.41. The molecule has 1 aliphatic rings. The number of hydrogen-bond donors (Lipinski definition) is 0. The first-order chi connectivity index (χ1) is 62.7. The van der Waals surface area contributed by atoms with E-state index in [1.54, 1.807) is 0 Å². The Morgan fingerprint density at radius 3 is 0.812 bits per heavy atom. The average Bonchev–Trinajstić information content (AvgIpc) is 1.60. The van der Waals surface area contributed by atoms with Gasteiger partial charge in [0.2, 0.25) is 11.4 Å². The number of halogens is 1. The molecular weight excluding hydrogens is 1640 g/mol. The first-order valence-electron chi connectivity index (χ1n) is 42.5. The van der Waals surface area contributed by atoms with Gasteiger partial charge in [0.1, 0.15) is 22.2 Å². The van der Waals surface area contributed by atoms with Crippen LogP contribution in [0.1, 0.15) is 27.7 Å². The molecule has 6 aromatic heterocycles. The zero-order chi connectivity index (χ0) is 86.2. The molecule has 0 unspecified atom stereocenters. The van der Waals surface area contributed by atoms with Crippen LogP contribution in [0.2, 0.25) is 0 Å². The minimum Gasteiger partial charge on any atom is -0.436 e. The van der Waals surface area contributed by atoms with E-state index >= 15 is 0 Å². The van der Waals surface area contributed by atoms with E-state index < -0.39 is 7.12 Å². The molecule has 16 heteroatoms. The third-order valence-electron chi connectivity index (χ3n) is 23.8. The number of hydrogen-bond acceptors (Lipinski definition) is 14. The Balaban J connectivity index is 0.000000131. The normalized spacial score (nSPS) is 12.8. The molecule has 7 heterocycles. The highest BCUT2D eigenvalue weighted by molar-refractivity contribution is 9.10. The van der Waals surface area contributed by atoms with Gasteiger partial charge in [0.25, 0.3) is 0 Å². The summed E-state index contributed by atoms with van der Waals surface area (Å²) >= 11 is 3.46. The van der Waals surface area contributed by atoms with Crippen LogP contribution in [0, 0.1) is 0 Å². The standard InChI is InChI=1S/C53H33N5O.C45H38BN3O2.C14H7BrN2O/c1-3-10-34(11-4-1)35-22-26-40(27-23-35)51-56-50(39-12-5-2-6-13-39)57-52(58-51)41-28-24-37(25-29-41)36-18-20-38(21-19-36)42-14-9-15-43(32-42)44-30-31-48-45(33-44)49-53(59-48)55-47-17-8-7-16-46(47)54-49;1-44(2)45(3,4)51-46(50-44)40-17-11-16-39(30-40)35-20-18-33(19-21-35)34-24-28-38(29-25-34)43-48-41(36-14-9-6-10-15-36)47-42(49-43)37-26-22-32(23-27-37)31-12-7-5-8-13-31;15-8-5-6-12-9(7-8)13-14(18-12)17-11-4-2-1-3-10(11)16-13/h1-33H;5-30H,1-4H3;1-7H. The largest absolute Gasteiger partial charge is 0.494 e. The molecule has 0 N–H and O–H groups in total. The quantitative estimate of drug-likeness (QED) is 0.0941. The Kier molecular flexibility index (Phi) is 21.2. The van der Waals surface area contributed by atoms with Crippen molar-refractivity contribution >= 4 is 95.0 Å². The van der Waals surface area contributed by atoms with E-state index in [4.69, 9.17) is 58.0 Å². The van der Waals surface area contributed by atoms with Crippen LogP contribution in [-0.2, 0) is 9.31 Å². The molecule has 0 aliphatic carbocycles. The average molecular weight is 1720 g/mol. The fraction of sp³-hybridized carbons (Fsp3) is 0.0536. The van der Waals surface area contributed by atoms with Crippen molar-refractivity contribution in [3.05, 3.63) is 405 Å². The maximum atomic E-state index is 6.30. The van der Waals surface area contributed by atoms with E-state index in [1.807, 2.05) is 146 Å². The van der Waals surface area contributed by atoms with Gasteiger partial charge in [-0.15, -0.1) is 0 Å². The predicted molar refractivity (Wildman–Crippen MR) is 521 cm³/mol. The molecule has 14 nitrogen and oxygen atoms in total. The Bertz CT molecular complexity index is 7830. The molecule has 1 aliphatic heterocycles. The highest BCUT2D eigenvalue weighted by Crippen LogP contribution is 2.41. The van der Waals surface area contributed by atoms with E-state index in [-0.39, 0.29) is 11.2 Å². The third kappa shape index (κ3) is 16.4. The Hall–Kier alpha value is -15.7. The molecule has 0 atom stereocenters. The molecule has 22 aromatic rings. The molecule has 0 saturated carbocycles. The third-order valence-corrected chi connectivity index (χ3v) is 24.2. The van der Waals surface area contributed by atoms with Gasteiger partial charge in [0.15, 0.2) is 34.9 Å². The molecule has 1 fully saturated rings. The second-order valence-corrected chi connectivity index (χ2v) is 33.5. The van der Waals surface area contributed by atoms with E-state index in [0.29, 0.717) is 46.4 Å². The first-order valence-corrected chi connectivity index (χ1v) is 43.3. The van der Waals surface area contributed by atoms with Crippen LogP contribution in [0.15, 0.2) is 414 Å². The number of furan rings is 2. The van der Waals surface area contributed by atoms with Gasteiger partial charge in [0.05, 0.1) is 33.3 Å². The van der Waals surface area contributed by atoms with Gasteiger partial charge in [-0.1, -0.05) is 356 Å². The second kappa shape index (κ2) is 34.1. The summed E-state index contributed by atoms with van der Waals surface area (Å²) in [4.78, 5) is 48.4. The van der Waals surface area contributed by atoms with Crippen LogP contribution >= 0.6 is 15.9 Å². The lowest BCUT2D eigenvalue weighted by Gasteiger charge is -2.32. The van der Waals surface area contributed by atoms with Gasteiger partial charge >= 0.3 is 7.12 Å². The van der Waals surface area contributed by atoms with Crippen LogP contribution in [0.25, 0.3) is 213 Å². The Morgan fingerprint density at radius 1 is 0.211 bits per heavy atom. The van der Waals surface area contributed by atoms with Crippen molar-refractivity contribution in [3.8, 4) is 146 Å². The maximum Gasteiger partial charge on any atom is 0.494 e. The van der Waals surface area contributed by atoms with Crippen LogP contribution in [0.5, 0.6) is 0 Å². The summed E-state index contributed by atoms with van der Waals surface area (Å²) in [6, 6.07) is 137. The summed E-state index contributed by atoms with van der Waals surface area (Å²) in [5, 5.41) is 1.94. The summed E-state index contributed by atoms with van der Waals surface area (Å²) in [7, 11) is -0.392. The highest BCUT2D eigenvalue weighted by atomic mass is 79.9. The molecule has 0 amide bonds. The topological polar surface area (TPSA) is 174 Å². The summed E-state index contributed by atoms with van der Waals surface area (Å²) in [6.45, 7) is 8.32. The summed E-state index contributed by atoms with van der Waals surface area (Å²) < 4.78 is 25.4. The van der Waals surface area contributed by atoms with Gasteiger partial charge in [-0.3, -0.25) is 0 Å². The molecule has 610 valence electrons. The van der Waals surface area contributed by atoms with Crippen molar-refractivity contribution in [1.82, 2.24) is 49.8 Å². The number of benzene rings is 16. The number of nitrogens with zero attached hydrogens (tertiary/aromatic N) is 10. The van der Waals surface area contributed by atoms with E-state index in [2.05, 4.69) is 308 Å². The monoisotopic (exact) mass is 1720 g/mol. The van der Waals surface area contributed by atoms with Gasteiger partial charge in [-0.2, -0.15) is 0 Å². The Labute approximate surface area is 747 Å². The van der Waals surface area contributed by atoms with Crippen molar-refractivity contribution in [2.45, 2.75) is 38.9 Å². The van der Waals surface area contributed by atoms with Crippen molar-refractivity contribution in [3.63, 3.8) is 0 Å². The van der Waals surface area contributed by atoms with Crippen molar-refractivity contribution in [1.29, 1.82) is 0 Å². The maximum absolute atomic E-state index is 6.30. The molecule has 0 radical (unpaired) electrons. The van der Waals surface area contributed by atoms with Gasteiger partial charge in [0, 0.05) is 48.6 Å². The lowest BCUT2D eigenvalue weighted by atomic mass is 9.78. The fourth-order valence-corrected chi connectivity index (χ4v) is 16.4. The number of fused-ring (bicyclic) bond motifs is 8. The molecule has 0 spiro atoms. The highest BCUT2D eigenvalue weighted by Gasteiger charge is 2.51. The van der Waals surface area contributed by atoms with Crippen molar-refractivity contribution in [2.24, 2.45) is 0 Å². The van der Waals surface area contributed by atoms with E-state index in [9.17, 15) is 0 Å². The minimum absolute atomic E-state index is 0.379. The zero-order valence-corrected chi connectivity index (χ0v) is 71.8. The van der Waals surface area contributed by atoms with Gasteiger partial charge < -0.3 is 18.1 Å².